The van der Waals surface area contributed by atoms with Crippen molar-refractivity contribution in [2.24, 2.45) is 5.92 Å². The first kappa shape index (κ1) is 26.6. The SMILES string of the molecule is CCCCCCCC/C=C/C(CCCCCCCCCC)COS(=O)(=O)O. The van der Waals surface area contributed by atoms with E-state index in [4.69, 9.17) is 4.55 Å². The van der Waals surface area contributed by atoms with Gasteiger partial charge in [0.2, 0.25) is 0 Å². The van der Waals surface area contributed by atoms with Gasteiger partial charge in [0.25, 0.3) is 0 Å². The second-order valence-corrected chi connectivity index (χ2v) is 8.81. The van der Waals surface area contributed by atoms with Crippen molar-refractivity contribution in [3.63, 3.8) is 0 Å². The molecule has 4 nitrogen and oxygen atoms in total. The predicted octanol–water partition coefficient (Wildman–Crippen LogP) is 7.26. The highest BCUT2D eigenvalue weighted by Crippen LogP contribution is 2.16. The summed E-state index contributed by atoms with van der Waals surface area (Å²) in [5.41, 5.74) is 0. The van der Waals surface area contributed by atoms with Crippen molar-refractivity contribution in [1.29, 1.82) is 0 Å². The maximum absolute atomic E-state index is 10.8. The molecule has 1 atom stereocenters. The third-order valence-electron chi connectivity index (χ3n) is 4.99. The van der Waals surface area contributed by atoms with Crippen molar-refractivity contribution in [1.82, 2.24) is 0 Å². The van der Waals surface area contributed by atoms with Crippen LogP contribution in [-0.4, -0.2) is 19.6 Å². The molecule has 0 radical (unpaired) electrons. The summed E-state index contributed by atoms with van der Waals surface area (Å²) in [6.07, 6.45) is 23.9. The lowest BCUT2D eigenvalue weighted by Crippen LogP contribution is -2.12. The zero-order chi connectivity index (χ0) is 20.2. The fourth-order valence-corrected chi connectivity index (χ4v) is 3.63. The Morgan fingerprint density at radius 1 is 0.778 bits per heavy atom. The third-order valence-corrected chi connectivity index (χ3v) is 5.43. The summed E-state index contributed by atoms with van der Waals surface area (Å²) in [7, 11) is -4.35. The average molecular weight is 405 g/mol. The molecule has 0 saturated heterocycles. The lowest BCUT2D eigenvalue weighted by atomic mass is 9.99. The maximum Gasteiger partial charge on any atom is 0.397 e. The molecule has 0 aromatic rings. The molecule has 0 aliphatic carbocycles. The lowest BCUT2D eigenvalue weighted by molar-refractivity contribution is 0.234. The predicted molar refractivity (Wildman–Crippen MR) is 115 cm³/mol. The van der Waals surface area contributed by atoms with Crippen molar-refractivity contribution >= 4 is 10.4 Å². The van der Waals surface area contributed by atoms with Gasteiger partial charge >= 0.3 is 10.4 Å². The van der Waals surface area contributed by atoms with Gasteiger partial charge in [-0.1, -0.05) is 109 Å². The van der Waals surface area contributed by atoms with E-state index in [1.165, 1.54) is 83.5 Å². The lowest BCUT2D eigenvalue weighted by Gasteiger charge is -2.12. The largest absolute Gasteiger partial charge is 0.397 e. The molecule has 0 aliphatic heterocycles. The molecule has 0 heterocycles. The van der Waals surface area contributed by atoms with Crippen LogP contribution in [0.2, 0.25) is 0 Å². The van der Waals surface area contributed by atoms with E-state index in [9.17, 15) is 8.42 Å². The number of unbranched alkanes of at least 4 members (excludes halogenated alkanes) is 13. The van der Waals surface area contributed by atoms with E-state index in [1.54, 1.807) is 0 Å². The Bertz CT molecular complexity index is 432. The van der Waals surface area contributed by atoms with Crippen molar-refractivity contribution in [3.8, 4) is 0 Å². The zero-order valence-corrected chi connectivity index (χ0v) is 18.6. The molecule has 0 aliphatic rings. The van der Waals surface area contributed by atoms with E-state index in [2.05, 4.69) is 30.2 Å². The maximum atomic E-state index is 10.8. The van der Waals surface area contributed by atoms with Gasteiger partial charge in [0.15, 0.2) is 0 Å². The number of hydrogen-bond acceptors (Lipinski definition) is 3. The Hall–Kier alpha value is -0.390. The van der Waals surface area contributed by atoms with Crippen LogP contribution < -0.4 is 0 Å². The highest BCUT2D eigenvalue weighted by molar-refractivity contribution is 7.80. The fourth-order valence-electron chi connectivity index (χ4n) is 3.28. The fraction of sp³-hybridized carbons (Fsp3) is 0.909. The van der Waals surface area contributed by atoms with Crippen molar-refractivity contribution < 1.29 is 17.2 Å². The first-order valence-corrected chi connectivity index (χ1v) is 12.6. The molecular weight excluding hydrogens is 360 g/mol. The van der Waals surface area contributed by atoms with Gasteiger partial charge in [0.1, 0.15) is 0 Å². The summed E-state index contributed by atoms with van der Waals surface area (Å²) in [5.74, 6) is 0.0621. The van der Waals surface area contributed by atoms with Crippen LogP contribution in [0, 0.1) is 5.92 Å². The van der Waals surface area contributed by atoms with Crippen LogP contribution in [0.4, 0.5) is 0 Å². The minimum absolute atomic E-state index is 0.0440. The molecule has 0 rings (SSSR count). The quantitative estimate of drug-likeness (QED) is 0.132. The Morgan fingerprint density at radius 2 is 1.26 bits per heavy atom. The van der Waals surface area contributed by atoms with Gasteiger partial charge in [-0.15, -0.1) is 0 Å². The van der Waals surface area contributed by atoms with E-state index in [0.717, 1.165) is 19.3 Å². The molecule has 0 amide bonds. The van der Waals surface area contributed by atoms with Crippen molar-refractivity contribution in [3.05, 3.63) is 12.2 Å². The summed E-state index contributed by atoms with van der Waals surface area (Å²) in [6.45, 7) is 4.50. The first-order valence-electron chi connectivity index (χ1n) is 11.3. The highest BCUT2D eigenvalue weighted by Gasteiger charge is 2.11. The summed E-state index contributed by atoms with van der Waals surface area (Å²) in [4.78, 5) is 0. The van der Waals surface area contributed by atoms with Crippen LogP contribution in [0.3, 0.4) is 0 Å². The second kappa shape index (κ2) is 18.9. The Morgan fingerprint density at radius 3 is 1.78 bits per heavy atom. The van der Waals surface area contributed by atoms with Crippen LogP contribution >= 0.6 is 0 Å². The van der Waals surface area contributed by atoms with Crippen LogP contribution in [-0.2, 0) is 14.6 Å². The van der Waals surface area contributed by atoms with Gasteiger partial charge in [-0.05, 0) is 19.3 Å². The first-order chi connectivity index (χ1) is 13.0. The van der Waals surface area contributed by atoms with Crippen LogP contribution in [0.1, 0.15) is 117 Å². The van der Waals surface area contributed by atoms with Gasteiger partial charge in [0.05, 0.1) is 6.61 Å². The van der Waals surface area contributed by atoms with Gasteiger partial charge in [0, 0.05) is 5.92 Å². The van der Waals surface area contributed by atoms with E-state index in [0.29, 0.717) is 0 Å². The van der Waals surface area contributed by atoms with E-state index in [1.807, 2.05) is 0 Å². The van der Waals surface area contributed by atoms with Crippen LogP contribution in [0.5, 0.6) is 0 Å². The molecule has 0 aromatic heterocycles. The Labute approximate surface area is 169 Å². The number of hydrogen-bond donors (Lipinski definition) is 1. The van der Waals surface area contributed by atoms with Crippen molar-refractivity contribution in [2.75, 3.05) is 6.61 Å². The summed E-state index contributed by atoms with van der Waals surface area (Å²) in [6, 6.07) is 0. The van der Waals surface area contributed by atoms with Crippen molar-refractivity contribution in [2.45, 2.75) is 117 Å². The molecular formula is C22H44O4S. The molecule has 0 bridgehead atoms. The molecule has 0 saturated carbocycles. The second-order valence-electron chi connectivity index (χ2n) is 7.72. The zero-order valence-electron chi connectivity index (χ0n) is 17.8. The van der Waals surface area contributed by atoms with Crippen LogP contribution in [0.15, 0.2) is 12.2 Å². The molecule has 1 N–H and O–H groups in total. The highest BCUT2D eigenvalue weighted by atomic mass is 32.3. The van der Waals surface area contributed by atoms with Gasteiger partial charge in [-0.3, -0.25) is 4.55 Å². The molecule has 162 valence electrons. The summed E-state index contributed by atoms with van der Waals surface area (Å²) >= 11 is 0. The summed E-state index contributed by atoms with van der Waals surface area (Å²) < 4.78 is 35.1. The normalized spacial score (nSPS) is 13.4. The summed E-state index contributed by atoms with van der Waals surface area (Å²) in [5, 5.41) is 0. The van der Waals surface area contributed by atoms with E-state index >= 15 is 0 Å². The Kier molecular flexibility index (Phi) is 18.7. The monoisotopic (exact) mass is 404 g/mol. The minimum Gasteiger partial charge on any atom is -0.264 e. The molecule has 0 aromatic carbocycles. The average Bonchev–Trinajstić information content (AvgIpc) is 2.62. The topological polar surface area (TPSA) is 63.6 Å². The van der Waals surface area contributed by atoms with Gasteiger partial charge in [-0.2, -0.15) is 8.42 Å². The molecule has 0 spiro atoms. The molecule has 5 heteroatoms. The van der Waals surface area contributed by atoms with Gasteiger partial charge < -0.3 is 0 Å². The number of allylic oxidation sites excluding steroid dienone is 1. The molecule has 27 heavy (non-hydrogen) atoms. The minimum atomic E-state index is -4.35. The third kappa shape index (κ3) is 21.8. The van der Waals surface area contributed by atoms with E-state index in [-0.39, 0.29) is 12.5 Å². The van der Waals surface area contributed by atoms with Crippen LogP contribution in [0.25, 0.3) is 0 Å². The molecule has 0 fully saturated rings. The van der Waals surface area contributed by atoms with E-state index < -0.39 is 10.4 Å². The molecule has 1 unspecified atom stereocenters. The smallest absolute Gasteiger partial charge is 0.264 e. The number of rotatable bonds is 20. The Balaban J connectivity index is 3.97. The van der Waals surface area contributed by atoms with Gasteiger partial charge in [-0.25, -0.2) is 4.18 Å². The standard InChI is InChI=1S/C22H44O4S/c1-3-5-7-9-11-13-15-17-19-22(21-26-27(23,24)25)20-18-16-14-12-10-8-6-4-2/h17,19,22H,3-16,18,20-21H2,1-2H3,(H,23,24,25)/b19-17+.